The topological polar surface area (TPSA) is 49.8 Å². The van der Waals surface area contributed by atoms with Crippen LogP contribution in [0.15, 0.2) is 22.6 Å². The van der Waals surface area contributed by atoms with Crippen LogP contribution in [-0.2, 0) is 9.53 Å². The van der Waals surface area contributed by atoms with Gasteiger partial charge in [0.05, 0.1) is 18.7 Å². The average Bonchev–Trinajstić information content (AvgIpc) is 2.71. The molecule has 4 nitrogen and oxygen atoms in total. The minimum atomic E-state index is -0.584. The van der Waals surface area contributed by atoms with Gasteiger partial charge in [0.2, 0.25) is 0 Å². The van der Waals surface area contributed by atoms with Crippen LogP contribution < -0.4 is 0 Å². The molecular formula is C12H18BNO3. The smallest absolute Gasteiger partial charge is 0.409 e. The Kier molecular flexibility index (Phi) is 3.04. The molecule has 0 aromatic rings. The molecule has 0 amide bonds. The molecular weight excluding hydrogens is 217 g/mol. The maximum Gasteiger partial charge on any atom is 0.409 e. The summed E-state index contributed by atoms with van der Waals surface area (Å²) in [7, 11) is 1.03. The molecule has 0 bridgehead atoms. The van der Waals surface area contributed by atoms with Crippen molar-refractivity contribution in [2.75, 3.05) is 13.7 Å². The number of carbonyl (C=O) groups excluding carboxylic acids is 1. The zero-order valence-electron chi connectivity index (χ0n) is 10.8. The number of fused-ring (bicyclic) bond motifs is 1. The van der Waals surface area contributed by atoms with Gasteiger partial charge >= 0.3 is 7.05 Å². The molecule has 1 aliphatic carbocycles. The average molecular weight is 235 g/mol. The van der Waals surface area contributed by atoms with Gasteiger partial charge in [-0.1, -0.05) is 0 Å². The molecule has 1 fully saturated rings. The van der Waals surface area contributed by atoms with E-state index in [0.717, 1.165) is 29.0 Å². The van der Waals surface area contributed by atoms with E-state index in [1.165, 1.54) is 0 Å². The third-order valence-corrected chi connectivity index (χ3v) is 3.78. The van der Waals surface area contributed by atoms with Crippen LogP contribution in [0.5, 0.6) is 0 Å². The summed E-state index contributed by atoms with van der Waals surface area (Å²) in [5.41, 5.74) is 2.52. The Bertz CT molecular complexity index is 425. The number of allylic oxidation sites excluding steroid dienone is 3. The van der Waals surface area contributed by atoms with Gasteiger partial charge in [0, 0.05) is 6.54 Å². The summed E-state index contributed by atoms with van der Waals surface area (Å²) < 4.78 is 5.43. The Balaban J connectivity index is 2.55. The number of nitrogens with zero attached hydrogens (tertiary/aromatic N) is 1. The zero-order valence-corrected chi connectivity index (χ0v) is 10.8. The van der Waals surface area contributed by atoms with E-state index in [1.54, 1.807) is 13.9 Å². The Morgan fingerprint density at radius 1 is 1.41 bits per heavy atom. The zero-order chi connectivity index (χ0) is 12.7. The summed E-state index contributed by atoms with van der Waals surface area (Å²) in [4.78, 5) is 14.0. The maximum atomic E-state index is 12.2. The summed E-state index contributed by atoms with van der Waals surface area (Å²) >= 11 is 0. The van der Waals surface area contributed by atoms with Crippen LogP contribution in [0.4, 0.5) is 0 Å². The minimum Gasteiger partial charge on any atom is -0.495 e. The third kappa shape index (κ3) is 1.69. The van der Waals surface area contributed by atoms with Crippen molar-refractivity contribution in [2.45, 2.75) is 27.1 Å². The molecule has 1 aliphatic heterocycles. The second-order valence-electron chi connectivity index (χ2n) is 4.70. The van der Waals surface area contributed by atoms with Crippen LogP contribution in [0.25, 0.3) is 0 Å². The van der Waals surface area contributed by atoms with Crippen molar-refractivity contribution in [2.24, 2.45) is 5.92 Å². The van der Waals surface area contributed by atoms with Gasteiger partial charge in [0.15, 0.2) is 5.78 Å². The lowest BCUT2D eigenvalue weighted by Crippen LogP contribution is -2.36. The predicted molar refractivity (Wildman–Crippen MR) is 66.1 cm³/mol. The van der Waals surface area contributed by atoms with Gasteiger partial charge in [-0.15, -0.1) is 0 Å². The van der Waals surface area contributed by atoms with E-state index < -0.39 is 7.05 Å². The molecule has 0 spiro atoms. The Hall–Kier alpha value is -1.23. The lowest BCUT2D eigenvalue weighted by Gasteiger charge is -2.29. The first kappa shape index (κ1) is 12.2. The van der Waals surface area contributed by atoms with Gasteiger partial charge in [0.25, 0.3) is 0 Å². The van der Waals surface area contributed by atoms with Crippen molar-refractivity contribution in [1.82, 2.24) is 4.81 Å². The largest absolute Gasteiger partial charge is 0.495 e. The number of Topliss-reactive ketones (excluding diaryl/α,β-unsaturated/α-hetero) is 1. The molecule has 1 heterocycles. The van der Waals surface area contributed by atoms with Crippen molar-refractivity contribution in [3.05, 3.63) is 22.6 Å². The van der Waals surface area contributed by atoms with E-state index >= 15 is 0 Å². The highest BCUT2D eigenvalue weighted by Crippen LogP contribution is 2.40. The molecule has 2 rings (SSSR count). The van der Waals surface area contributed by atoms with Gasteiger partial charge in [-0.2, -0.15) is 0 Å². The van der Waals surface area contributed by atoms with Gasteiger partial charge in [-0.25, -0.2) is 0 Å². The fourth-order valence-electron chi connectivity index (χ4n) is 2.72. The molecule has 0 aromatic carbocycles. The molecule has 92 valence electrons. The molecule has 0 saturated carbocycles. The van der Waals surface area contributed by atoms with E-state index in [1.807, 2.05) is 18.7 Å². The second kappa shape index (κ2) is 4.22. The van der Waals surface area contributed by atoms with Gasteiger partial charge in [-0.3, -0.25) is 4.79 Å². The van der Waals surface area contributed by atoms with E-state index in [0.29, 0.717) is 6.54 Å². The predicted octanol–water partition coefficient (Wildman–Crippen LogP) is 1.20. The van der Waals surface area contributed by atoms with Crippen molar-refractivity contribution >= 4 is 12.8 Å². The van der Waals surface area contributed by atoms with E-state index in [-0.39, 0.29) is 11.7 Å². The molecule has 1 N–H and O–H groups in total. The highest BCUT2D eigenvalue weighted by molar-refractivity contribution is 6.46. The van der Waals surface area contributed by atoms with Crippen molar-refractivity contribution in [3.63, 3.8) is 0 Å². The number of rotatable bonds is 2. The highest BCUT2D eigenvalue weighted by atomic mass is 16.5. The fourth-order valence-corrected chi connectivity index (χ4v) is 2.72. The molecule has 5 heteroatoms. The van der Waals surface area contributed by atoms with Crippen LogP contribution in [0.1, 0.15) is 20.3 Å². The van der Waals surface area contributed by atoms with Crippen LogP contribution in [0, 0.1) is 5.92 Å². The Morgan fingerprint density at radius 2 is 2.06 bits per heavy atom. The molecule has 0 aromatic heterocycles. The first-order valence-electron chi connectivity index (χ1n) is 5.94. The number of carbonyl (C=O) groups is 1. The number of ketones is 1. The van der Waals surface area contributed by atoms with Crippen molar-refractivity contribution in [1.29, 1.82) is 0 Å². The highest BCUT2D eigenvalue weighted by Gasteiger charge is 2.42. The van der Waals surface area contributed by atoms with Crippen LogP contribution in [0.2, 0.25) is 6.82 Å². The molecule has 0 radical (unpaired) electrons. The van der Waals surface area contributed by atoms with E-state index in [4.69, 9.17) is 4.74 Å². The second-order valence-corrected chi connectivity index (χ2v) is 4.70. The van der Waals surface area contributed by atoms with E-state index in [2.05, 4.69) is 0 Å². The summed E-state index contributed by atoms with van der Waals surface area (Å²) in [5.74, 6) is 0.787. The standard InChI is InChI=1S/C12H18BNO3/c1-7-8(2)12(17-4)10-9(11(7)15)5-6-14(10)13(3)16/h9,16H,5-6H2,1-4H3. The first-order valence-corrected chi connectivity index (χ1v) is 5.94. The molecule has 17 heavy (non-hydrogen) atoms. The number of hydrogen-bond acceptors (Lipinski definition) is 4. The lowest BCUT2D eigenvalue weighted by atomic mass is 9.81. The third-order valence-electron chi connectivity index (χ3n) is 3.78. The number of ether oxygens (including phenoxy) is 1. The quantitative estimate of drug-likeness (QED) is 0.730. The fraction of sp³-hybridized carbons (Fsp3) is 0.583. The van der Waals surface area contributed by atoms with Gasteiger partial charge in [0.1, 0.15) is 5.76 Å². The van der Waals surface area contributed by atoms with Crippen LogP contribution in [0.3, 0.4) is 0 Å². The number of methoxy groups -OCH3 is 1. The van der Waals surface area contributed by atoms with Crippen LogP contribution in [-0.4, -0.2) is 36.3 Å². The molecule has 1 saturated heterocycles. The monoisotopic (exact) mass is 235 g/mol. The van der Waals surface area contributed by atoms with Crippen molar-refractivity contribution < 1.29 is 14.6 Å². The van der Waals surface area contributed by atoms with Gasteiger partial charge in [-0.05, 0) is 38.2 Å². The van der Waals surface area contributed by atoms with Crippen molar-refractivity contribution in [3.8, 4) is 0 Å². The molecule has 1 unspecified atom stereocenters. The van der Waals surface area contributed by atoms with Crippen LogP contribution >= 0.6 is 0 Å². The first-order chi connectivity index (χ1) is 7.99. The Morgan fingerprint density at radius 3 is 2.59 bits per heavy atom. The molecule has 1 atom stereocenters. The Labute approximate surface area is 102 Å². The maximum absolute atomic E-state index is 12.2. The summed E-state index contributed by atoms with van der Waals surface area (Å²) in [6.45, 7) is 6.16. The van der Waals surface area contributed by atoms with Gasteiger partial charge < -0.3 is 14.6 Å². The minimum absolute atomic E-state index is 0.136. The summed E-state index contributed by atoms with van der Waals surface area (Å²) in [6, 6.07) is 0. The summed E-state index contributed by atoms with van der Waals surface area (Å²) in [6.07, 6.45) is 0.760. The molecule has 2 aliphatic rings. The lowest BCUT2D eigenvalue weighted by molar-refractivity contribution is -0.118. The SMILES string of the molecule is COC1=C2C(CCN2B(C)O)C(=O)C(C)=C1C. The van der Waals surface area contributed by atoms with E-state index in [9.17, 15) is 9.82 Å². The number of hydrogen-bond donors (Lipinski definition) is 1. The normalized spacial score (nSPS) is 24.4. The summed E-state index contributed by atoms with van der Waals surface area (Å²) in [5, 5.41) is 9.75.